The molecule has 0 fully saturated rings. The summed E-state index contributed by atoms with van der Waals surface area (Å²) < 4.78 is 0. The van der Waals surface area contributed by atoms with Gasteiger partial charge in [0.05, 0.1) is 0 Å². The van der Waals surface area contributed by atoms with E-state index in [-0.39, 0.29) is 11.8 Å². The molecule has 0 bridgehead atoms. The van der Waals surface area contributed by atoms with E-state index in [2.05, 4.69) is 16.7 Å². The lowest BCUT2D eigenvalue weighted by atomic mass is 10.1. The Morgan fingerprint density at radius 1 is 0.778 bits per heavy atom. The molecule has 3 aromatic carbocycles. The van der Waals surface area contributed by atoms with Crippen LogP contribution in [0.1, 0.15) is 37.4 Å². The fourth-order valence-electron chi connectivity index (χ4n) is 2.82. The lowest BCUT2D eigenvalue weighted by Gasteiger charge is -2.10. The summed E-state index contributed by atoms with van der Waals surface area (Å²) in [5.74, 6) is -0.321. The summed E-state index contributed by atoms with van der Waals surface area (Å²) in [6.45, 7) is 4.57. The number of carbonyl (C=O) groups is 2. The van der Waals surface area contributed by atoms with E-state index >= 15 is 0 Å². The smallest absolute Gasteiger partial charge is 0.255 e. The fraction of sp³-hybridized carbons (Fsp3) is 0.130. The monoisotopic (exact) mass is 358 g/mol. The van der Waals surface area contributed by atoms with Crippen LogP contribution in [0.4, 0.5) is 5.69 Å². The van der Waals surface area contributed by atoms with Crippen molar-refractivity contribution in [1.82, 2.24) is 5.32 Å². The summed E-state index contributed by atoms with van der Waals surface area (Å²) in [6.07, 6.45) is 0. The van der Waals surface area contributed by atoms with Crippen LogP contribution in [0, 0.1) is 13.8 Å². The number of anilines is 1. The van der Waals surface area contributed by atoms with Crippen molar-refractivity contribution in [1.29, 1.82) is 0 Å². The second-order valence-electron chi connectivity index (χ2n) is 6.51. The molecule has 0 aliphatic rings. The van der Waals surface area contributed by atoms with Crippen molar-refractivity contribution in [2.75, 3.05) is 5.32 Å². The summed E-state index contributed by atoms with van der Waals surface area (Å²) in [6, 6.07) is 22.1. The van der Waals surface area contributed by atoms with Crippen LogP contribution in [0.15, 0.2) is 72.8 Å². The first-order chi connectivity index (χ1) is 13.0. The van der Waals surface area contributed by atoms with Crippen LogP contribution in [0.2, 0.25) is 0 Å². The van der Waals surface area contributed by atoms with Crippen LogP contribution < -0.4 is 10.6 Å². The molecule has 2 N–H and O–H groups in total. The highest BCUT2D eigenvalue weighted by molar-refractivity contribution is 6.04. The number of amides is 2. The molecular formula is C23H22N2O2. The summed E-state index contributed by atoms with van der Waals surface area (Å²) in [5.41, 5.74) is 5.26. The molecule has 0 saturated heterocycles. The maximum Gasteiger partial charge on any atom is 0.255 e. The Morgan fingerprint density at radius 3 is 2.11 bits per heavy atom. The van der Waals surface area contributed by atoms with Gasteiger partial charge < -0.3 is 10.6 Å². The van der Waals surface area contributed by atoms with Gasteiger partial charge in [-0.15, -0.1) is 0 Å². The van der Waals surface area contributed by atoms with E-state index in [4.69, 9.17) is 0 Å². The zero-order valence-corrected chi connectivity index (χ0v) is 15.5. The van der Waals surface area contributed by atoms with Crippen molar-refractivity contribution in [3.8, 4) is 0 Å². The van der Waals surface area contributed by atoms with Gasteiger partial charge in [-0.05, 0) is 61.4 Å². The summed E-state index contributed by atoms with van der Waals surface area (Å²) in [5, 5.41) is 5.76. The Kier molecular flexibility index (Phi) is 5.67. The van der Waals surface area contributed by atoms with Crippen molar-refractivity contribution in [2.45, 2.75) is 20.4 Å². The highest BCUT2D eigenvalue weighted by atomic mass is 16.2. The third-order valence-electron chi connectivity index (χ3n) is 4.38. The van der Waals surface area contributed by atoms with Gasteiger partial charge in [-0.2, -0.15) is 0 Å². The molecule has 0 spiro atoms. The highest BCUT2D eigenvalue weighted by Gasteiger charge is 2.08. The average molecular weight is 358 g/mol. The molecular weight excluding hydrogens is 336 g/mol. The molecule has 0 unspecified atom stereocenters. The van der Waals surface area contributed by atoms with Crippen LogP contribution >= 0.6 is 0 Å². The predicted molar refractivity (Wildman–Crippen MR) is 108 cm³/mol. The zero-order valence-electron chi connectivity index (χ0n) is 15.5. The van der Waals surface area contributed by atoms with Gasteiger partial charge in [-0.1, -0.05) is 42.0 Å². The van der Waals surface area contributed by atoms with Crippen LogP contribution in [-0.2, 0) is 6.54 Å². The fourth-order valence-corrected chi connectivity index (χ4v) is 2.82. The average Bonchev–Trinajstić information content (AvgIpc) is 2.68. The summed E-state index contributed by atoms with van der Waals surface area (Å²) in [4.78, 5) is 24.5. The first-order valence-corrected chi connectivity index (χ1v) is 8.84. The Labute approximate surface area is 159 Å². The lowest BCUT2D eigenvalue weighted by Crippen LogP contribution is -2.23. The van der Waals surface area contributed by atoms with Crippen LogP contribution in [-0.4, -0.2) is 11.8 Å². The van der Waals surface area contributed by atoms with E-state index in [0.29, 0.717) is 23.4 Å². The number of nitrogens with one attached hydrogen (secondary N) is 2. The molecule has 0 aliphatic carbocycles. The van der Waals surface area contributed by atoms with E-state index < -0.39 is 0 Å². The van der Waals surface area contributed by atoms with Crippen molar-refractivity contribution >= 4 is 17.5 Å². The van der Waals surface area contributed by atoms with Gasteiger partial charge in [0.2, 0.25) is 0 Å². The molecule has 0 heterocycles. The number of hydrogen-bond donors (Lipinski definition) is 2. The number of carbonyl (C=O) groups excluding carboxylic acids is 2. The largest absolute Gasteiger partial charge is 0.348 e. The Hall–Kier alpha value is -3.40. The van der Waals surface area contributed by atoms with Crippen molar-refractivity contribution in [3.05, 3.63) is 101 Å². The topological polar surface area (TPSA) is 58.2 Å². The molecule has 0 radical (unpaired) electrons. The molecule has 4 heteroatoms. The van der Waals surface area contributed by atoms with Gasteiger partial charge in [-0.25, -0.2) is 0 Å². The molecule has 136 valence electrons. The van der Waals surface area contributed by atoms with Gasteiger partial charge in [0.25, 0.3) is 11.8 Å². The molecule has 0 aliphatic heterocycles. The second-order valence-corrected chi connectivity index (χ2v) is 6.51. The molecule has 3 aromatic rings. The van der Waals surface area contributed by atoms with Gasteiger partial charge >= 0.3 is 0 Å². The first-order valence-electron chi connectivity index (χ1n) is 8.84. The number of rotatable bonds is 5. The number of hydrogen-bond acceptors (Lipinski definition) is 2. The van der Waals surface area contributed by atoms with Gasteiger partial charge in [0.1, 0.15) is 0 Å². The maximum atomic E-state index is 12.4. The van der Waals surface area contributed by atoms with E-state index in [0.717, 1.165) is 11.1 Å². The normalized spacial score (nSPS) is 10.3. The van der Waals surface area contributed by atoms with Crippen LogP contribution in [0.3, 0.4) is 0 Å². The van der Waals surface area contributed by atoms with Crippen LogP contribution in [0.5, 0.6) is 0 Å². The Balaban J connectivity index is 1.59. The van der Waals surface area contributed by atoms with Gasteiger partial charge in [0, 0.05) is 23.4 Å². The Bertz CT molecular complexity index is 948. The molecule has 0 aromatic heterocycles. The number of benzene rings is 3. The maximum absolute atomic E-state index is 12.4. The van der Waals surface area contributed by atoms with Crippen molar-refractivity contribution < 1.29 is 9.59 Å². The minimum atomic E-state index is -0.178. The SMILES string of the molecule is Cc1ccc(CNC(=O)c2ccc(NC(=O)c3ccccc3)cc2)c(C)c1. The second kappa shape index (κ2) is 8.32. The molecule has 0 atom stereocenters. The van der Waals surface area contributed by atoms with E-state index in [1.165, 1.54) is 5.56 Å². The van der Waals surface area contributed by atoms with E-state index in [9.17, 15) is 9.59 Å². The predicted octanol–water partition coefficient (Wildman–Crippen LogP) is 4.49. The quantitative estimate of drug-likeness (QED) is 0.706. The number of aryl methyl sites for hydroxylation is 2. The minimum Gasteiger partial charge on any atom is -0.348 e. The standard InChI is InChI=1S/C23H22N2O2/c1-16-8-9-20(17(2)14-16)15-24-22(26)19-10-12-21(13-11-19)25-23(27)18-6-4-3-5-7-18/h3-14H,15H2,1-2H3,(H,24,26)(H,25,27). The molecule has 3 rings (SSSR count). The Morgan fingerprint density at radius 2 is 1.44 bits per heavy atom. The van der Waals surface area contributed by atoms with Gasteiger partial charge in [0.15, 0.2) is 0 Å². The van der Waals surface area contributed by atoms with Crippen LogP contribution in [0.25, 0.3) is 0 Å². The first kappa shape index (κ1) is 18.4. The van der Waals surface area contributed by atoms with Gasteiger partial charge in [-0.3, -0.25) is 9.59 Å². The van der Waals surface area contributed by atoms with E-state index in [1.54, 1.807) is 36.4 Å². The molecule has 2 amide bonds. The summed E-state index contributed by atoms with van der Waals surface area (Å²) >= 11 is 0. The summed E-state index contributed by atoms with van der Waals surface area (Å²) in [7, 11) is 0. The van der Waals surface area contributed by atoms with E-state index in [1.807, 2.05) is 44.2 Å². The molecule has 27 heavy (non-hydrogen) atoms. The molecule has 4 nitrogen and oxygen atoms in total. The third kappa shape index (κ3) is 4.82. The van der Waals surface area contributed by atoms with Crippen molar-refractivity contribution in [3.63, 3.8) is 0 Å². The highest BCUT2D eigenvalue weighted by Crippen LogP contribution is 2.13. The molecule has 0 saturated carbocycles. The third-order valence-corrected chi connectivity index (χ3v) is 4.38. The lowest BCUT2D eigenvalue weighted by molar-refractivity contribution is 0.0950. The minimum absolute atomic E-state index is 0.143. The zero-order chi connectivity index (χ0) is 19.2. The van der Waals surface area contributed by atoms with Crippen molar-refractivity contribution in [2.24, 2.45) is 0 Å².